The molecule has 1 aliphatic rings. The molecule has 18 heavy (non-hydrogen) atoms. The van der Waals surface area contributed by atoms with E-state index in [1.165, 1.54) is 7.11 Å². The van der Waals surface area contributed by atoms with Crippen molar-refractivity contribution in [3.63, 3.8) is 0 Å². The molecule has 0 saturated carbocycles. The molecule has 1 saturated heterocycles. The van der Waals surface area contributed by atoms with E-state index < -0.39 is 0 Å². The minimum absolute atomic E-state index is 0.0796. The van der Waals surface area contributed by atoms with Crippen molar-refractivity contribution < 1.29 is 18.8 Å². The Balaban J connectivity index is 2.01. The van der Waals surface area contributed by atoms with E-state index in [0.29, 0.717) is 31.4 Å². The molecular formula is C11H17N3O4. The predicted octanol–water partition coefficient (Wildman–Crippen LogP) is 1.16. The third kappa shape index (κ3) is 2.79. The zero-order chi connectivity index (χ0) is 13.0. The lowest BCUT2D eigenvalue weighted by Gasteiger charge is -2.29. The molecule has 0 spiro atoms. The maximum absolute atomic E-state index is 11.5. The molecule has 2 heterocycles. The monoisotopic (exact) mass is 255 g/mol. The van der Waals surface area contributed by atoms with Gasteiger partial charge in [0.05, 0.1) is 13.0 Å². The highest BCUT2D eigenvalue weighted by Gasteiger charge is 2.28. The van der Waals surface area contributed by atoms with Crippen LogP contribution in [0.5, 0.6) is 0 Å². The summed E-state index contributed by atoms with van der Waals surface area (Å²) >= 11 is 0. The summed E-state index contributed by atoms with van der Waals surface area (Å²) in [6, 6.07) is 0. The molecule has 0 aromatic carbocycles. The molecule has 1 aromatic rings. The van der Waals surface area contributed by atoms with Gasteiger partial charge in [0, 0.05) is 20.2 Å². The molecule has 1 amide bonds. The number of nitrogens with zero attached hydrogens (tertiary/aromatic N) is 3. The fourth-order valence-corrected chi connectivity index (χ4v) is 2.09. The minimum atomic E-state index is -0.309. The molecule has 0 unspecified atom stereocenters. The number of ether oxygens (including phenoxy) is 2. The number of hydrogen-bond donors (Lipinski definition) is 0. The van der Waals surface area contributed by atoms with E-state index in [9.17, 15) is 4.79 Å². The molecule has 1 aliphatic heterocycles. The van der Waals surface area contributed by atoms with Gasteiger partial charge in [0.15, 0.2) is 5.82 Å². The lowest BCUT2D eigenvalue weighted by Crippen LogP contribution is -2.39. The Morgan fingerprint density at radius 3 is 3.11 bits per heavy atom. The lowest BCUT2D eigenvalue weighted by atomic mass is 9.98. The summed E-state index contributed by atoms with van der Waals surface area (Å²) in [6.45, 7) is 1.60. The van der Waals surface area contributed by atoms with E-state index in [2.05, 4.69) is 10.1 Å². The highest BCUT2D eigenvalue weighted by atomic mass is 16.5. The summed E-state index contributed by atoms with van der Waals surface area (Å²) in [5, 5.41) is 3.83. The van der Waals surface area contributed by atoms with Crippen LogP contribution < -0.4 is 0 Å². The molecule has 1 atom stereocenters. The van der Waals surface area contributed by atoms with Gasteiger partial charge in [-0.05, 0) is 12.8 Å². The molecule has 0 radical (unpaired) electrons. The van der Waals surface area contributed by atoms with E-state index in [0.717, 1.165) is 12.8 Å². The average Bonchev–Trinajstić information content (AvgIpc) is 2.87. The second kappa shape index (κ2) is 5.81. The summed E-state index contributed by atoms with van der Waals surface area (Å²) in [7, 11) is 2.96. The van der Waals surface area contributed by atoms with Gasteiger partial charge in [0.2, 0.25) is 5.89 Å². The number of hydrogen-bond acceptors (Lipinski definition) is 6. The van der Waals surface area contributed by atoms with Crippen LogP contribution in [0, 0.1) is 0 Å². The Kier molecular flexibility index (Phi) is 4.14. The van der Waals surface area contributed by atoms with E-state index >= 15 is 0 Å². The van der Waals surface area contributed by atoms with Crippen LogP contribution in [0.25, 0.3) is 0 Å². The van der Waals surface area contributed by atoms with Crippen molar-refractivity contribution in [1.29, 1.82) is 0 Å². The number of likely N-dealkylation sites (tertiary alicyclic amines) is 1. The van der Waals surface area contributed by atoms with Gasteiger partial charge in [0.25, 0.3) is 0 Å². The fourth-order valence-electron chi connectivity index (χ4n) is 2.09. The van der Waals surface area contributed by atoms with Gasteiger partial charge in [-0.3, -0.25) is 0 Å². The first-order valence-electron chi connectivity index (χ1n) is 5.89. The standard InChI is InChI=1S/C11H17N3O4/c1-16-7-9-12-10(18-13-9)8-4-3-5-14(6-8)11(15)17-2/h8H,3-7H2,1-2H3/t8-/m0/s1. The highest BCUT2D eigenvalue weighted by Crippen LogP contribution is 2.25. The molecular weight excluding hydrogens is 238 g/mol. The van der Waals surface area contributed by atoms with Crippen molar-refractivity contribution in [1.82, 2.24) is 15.0 Å². The van der Waals surface area contributed by atoms with Crippen molar-refractivity contribution >= 4 is 6.09 Å². The molecule has 1 fully saturated rings. The van der Waals surface area contributed by atoms with Crippen molar-refractivity contribution in [2.45, 2.75) is 25.4 Å². The van der Waals surface area contributed by atoms with Gasteiger partial charge in [-0.15, -0.1) is 0 Å². The third-order valence-electron chi connectivity index (χ3n) is 2.96. The summed E-state index contributed by atoms with van der Waals surface area (Å²) in [5.41, 5.74) is 0. The van der Waals surface area contributed by atoms with E-state index in [1.54, 1.807) is 12.0 Å². The first kappa shape index (κ1) is 12.8. The van der Waals surface area contributed by atoms with Crippen LogP contribution >= 0.6 is 0 Å². The number of piperidine rings is 1. The molecule has 100 valence electrons. The number of aromatic nitrogens is 2. The van der Waals surface area contributed by atoms with Crippen LogP contribution in [0.15, 0.2) is 4.52 Å². The third-order valence-corrected chi connectivity index (χ3v) is 2.96. The zero-order valence-corrected chi connectivity index (χ0v) is 10.6. The fraction of sp³-hybridized carbons (Fsp3) is 0.727. The van der Waals surface area contributed by atoms with Crippen LogP contribution in [0.1, 0.15) is 30.5 Å². The Hall–Kier alpha value is -1.63. The number of amides is 1. The Morgan fingerprint density at radius 1 is 1.56 bits per heavy atom. The number of carbonyl (C=O) groups excluding carboxylic acids is 1. The summed E-state index contributed by atoms with van der Waals surface area (Å²) in [6.07, 6.45) is 1.53. The molecule has 1 aromatic heterocycles. The molecule has 2 rings (SSSR count). The first-order valence-corrected chi connectivity index (χ1v) is 5.89. The van der Waals surface area contributed by atoms with Crippen LogP contribution in [0.4, 0.5) is 4.79 Å². The van der Waals surface area contributed by atoms with E-state index in [-0.39, 0.29) is 12.0 Å². The second-order valence-corrected chi connectivity index (χ2v) is 4.24. The van der Waals surface area contributed by atoms with Gasteiger partial charge >= 0.3 is 6.09 Å². The maximum atomic E-state index is 11.5. The van der Waals surface area contributed by atoms with Gasteiger partial charge in [0.1, 0.15) is 6.61 Å². The molecule has 7 heteroatoms. The Bertz CT molecular complexity index is 407. The quantitative estimate of drug-likeness (QED) is 0.806. The van der Waals surface area contributed by atoms with Crippen LogP contribution in [0.2, 0.25) is 0 Å². The Labute approximate surface area is 105 Å². The topological polar surface area (TPSA) is 77.7 Å². The first-order chi connectivity index (χ1) is 8.74. The molecule has 0 N–H and O–H groups in total. The van der Waals surface area contributed by atoms with Crippen LogP contribution in [-0.2, 0) is 16.1 Å². The van der Waals surface area contributed by atoms with Gasteiger partial charge in [-0.25, -0.2) is 4.79 Å². The Morgan fingerprint density at radius 2 is 2.39 bits per heavy atom. The average molecular weight is 255 g/mol. The van der Waals surface area contributed by atoms with Crippen molar-refractivity contribution in [3.8, 4) is 0 Å². The van der Waals surface area contributed by atoms with E-state index in [1.807, 2.05) is 0 Å². The number of rotatable bonds is 3. The summed E-state index contributed by atoms with van der Waals surface area (Å²) in [5.74, 6) is 1.18. The zero-order valence-electron chi connectivity index (χ0n) is 10.6. The largest absolute Gasteiger partial charge is 0.453 e. The second-order valence-electron chi connectivity index (χ2n) is 4.24. The number of methoxy groups -OCH3 is 2. The normalized spacial score (nSPS) is 19.9. The van der Waals surface area contributed by atoms with E-state index in [4.69, 9.17) is 14.0 Å². The lowest BCUT2D eigenvalue weighted by molar-refractivity contribution is 0.107. The van der Waals surface area contributed by atoms with Gasteiger partial charge in [-0.1, -0.05) is 5.16 Å². The van der Waals surface area contributed by atoms with Crippen molar-refractivity contribution in [3.05, 3.63) is 11.7 Å². The van der Waals surface area contributed by atoms with Crippen molar-refractivity contribution in [2.24, 2.45) is 0 Å². The summed E-state index contributed by atoms with van der Waals surface area (Å²) < 4.78 is 14.9. The molecule has 7 nitrogen and oxygen atoms in total. The van der Waals surface area contributed by atoms with Crippen molar-refractivity contribution in [2.75, 3.05) is 27.3 Å². The maximum Gasteiger partial charge on any atom is 0.409 e. The molecule has 0 aliphatic carbocycles. The van der Waals surface area contributed by atoms with Crippen LogP contribution in [0.3, 0.4) is 0 Å². The smallest absolute Gasteiger partial charge is 0.409 e. The SMILES string of the molecule is COCc1noc([C@H]2CCCN(C(=O)OC)C2)n1. The minimum Gasteiger partial charge on any atom is -0.453 e. The van der Waals surface area contributed by atoms with Gasteiger partial charge < -0.3 is 18.9 Å². The summed E-state index contributed by atoms with van der Waals surface area (Å²) in [4.78, 5) is 17.4. The van der Waals surface area contributed by atoms with Gasteiger partial charge in [-0.2, -0.15) is 4.98 Å². The predicted molar refractivity (Wildman–Crippen MR) is 61.0 cm³/mol. The number of carbonyl (C=O) groups is 1. The molecule has 0 bridgehead atoms. The van der Waals surface area contributed by atoms with Crippen LogP contribution in [-0.4, -0.2) is 48.4 Å². The highest BCUT2D eigenvalue weighted by molar-refractivity contribution is 5.67.